The van der Waals surface area contributed by atoms with Crippen LogP contribution in [0.25, 0.3) is 0 Å². The standard InChI is InChI=1S/C41H57N7O13/c1-21(2)17-29(46-39(58)33(22(3)4)48-36(55)27(42)15-16-31(49)50)38(57)45-28(18-24-9-7-6-8-10-24)34(53)40(59)47-30(19-32(51)52)37(56)44-23(5)35(54)43-20-25-11-13-26(14-12-25)41(60)61/h6-14,21-23,27-30,33-34,53H,15-20,42H2,1-5H3,(H,43,54)(H,44,56)(H,45,57)(H,46,58)(H,47,59)(H,48,55)(H,49,50)(H,51,52)(H,60,61)/t23-,27-,28-,29-,30-,33-,34+/m0/s1. The number of nitrogens with one attached hydrogen (secondary N) is 6. The summed E-state index contributed by atoms with van der Waals surface area (Å²) in [6, 6.07) is 5.95. The molecule has 2 rings (SSSR count). The topological polar surface area (TPSA) is 333 Å². The second kappa shape index (κ2) is 24.6. The second-order valence-corrected chi connectivity index (χ2v) is 15.3. The fraction of sp³-hybridized carbons (Fsp3) is 0.488. The van der Waals surface area contributed by atoms with E-state index in [1.807, 2.05) is 0 Å². The molecule has 0 unspecified atom stereocenters. The Morgan fingerprint density at radius 3 is 1.75 bits per heavy atom. The number of nitrogens with two attached hydrogens (primary N) is 1. The van der Waals surface area contributed by atoms with Gasteiger partial charge in [-0.3, -0.25) is 38.4 Å². The van der Waals surface area contributed by atoms with Crippen molar-refractivity contribution in [2.45, 2.75) is 116 Å². The van der Waals surface area contributed by atoms with Crippen molar-refractivity contribution in [3.05, 3.63) is 71.3 Å². The van der Waals surface area contributed by atoms with Crippen molar-refractivity contribution < 1.29 is 63.6 Å². The quantitative estimate of drug-likeness (QED) is 0.0596. The fourth-order valence-electron chi connectivity index (χ4n) is 5.87. The van der Waals surface area contributed by atoms with Gasteiger partial charge in [-0.1, -0.05) is 70.2 Å². The Morgan fingerprint density at radius 2 is 1.21 bits per heavy atom. The minimum absolute atomic E-state index is 0.0313. The van der Waals surface area contributed by atoms with E-state index in [1.165, 1.54) is 31.2 Å². The Hall–Kier alpha value is -6.41. The summed E-state index contributed by atoms with van der Waals surface area (Å²) in [7, 11) is 0. The maximum Gasteiger partial charge on any atom is 0.335 e. The van der Waals surface area contributed by atoms with Crippen LogP contribution in [0, 0.1) is 11.8 Å². The van der Waals surface area contributed by atoms with Crippen LogP contribution < -0.4 is 37.6 Å². The first kappa shape index (κ1) is 50.7. The third kappa shape index (κ3) is 17.8. The van der Waals surface area contributed by atoms with E-state index in [9.17, 15) is 53.4 Å². The van der Waals surface area contributed by atoms with E-state index in [2.05, 4.69) is 31.9 Å². The molecule has 0 saturated heterocycles. The number of aromatic carboxylic acids is 1. The van der Waals surface area contributed by atoms with Gasteiger partial charge in [-0.25, -0.2) is 4.79 Å². The van der Waals surface area contributed by atoms with Crippen LogP contribution in [0.1, 0.15) is 81.8 Å². The number of hydrogen-bond acceptors (Lipinski definition) is 11. The van der Waals surface area contributed by atoms with Crippen LogP contribution in [0.4, 0.5) is 0 Å². The van der Waals surface area contributed by atoms with Crippen molar-refractivity contribution in [3.63, 3.8) is 0 Å². The van der Waals surface area contributed by atoms with Gasteiger partial charge in [0.25, 0.3) is 5.91 Å². The van der Waals surface area contributed by atoms with Gasteiger partial charge in [-0.2, -0.15) is 0 Å². The van der Waals surface area contributed by atoms with Gasteiger partial charge in [-0.05, 0) is 61.3 Å². The predicted molar refractivity (Wildman–Crippen MR) is 218 cm³/mol. The molecule has 0 spiro atoms. The van der Waals surface area contributed by atoms with E-state index < -0.39 is 108 Å². The highest BCUT2D eigenvalue weighted by Crippen LogP contribution is 2.13. The Morgan fingerprint density at radius 1 is 0.623 bits per heavy atom. The summed E-state index contributed by atoms with van der Waals surface area (Å²) >= 11 is 0. The molecule has 20 heteroatoms. The number of benzene rings is 2. The molecule has 61 heavy (non-hydrogen) atoms. The van der Waals surface area contributed by atoms with Crippen molar-refractivity contribution in [2.24, 2.45) is 17.6 Å². The summed E-state index contributed by atoms with van der Waals surface area (Å²) in [6.07, 6.45) is -3.68. The molecule has 0 aliphatic rings. The van der Waals surface area contributed by atoms with Crippen molar-refractivity contribution in [1.82, 2.24) is 31.9 Å². The number of carboxylic acids is 3. The second-order valence-electron chi connectivity index (χ2n) is 15.3. The third-order valence-corrected chi connectivity index (χ3v) is 9.30. The van der Waals surface area contributed by atoms with Crippen LogP contribution in [0.15, 0.2) is 54.6 Å². The number of aliphatic hydroxyl groups excluding tert-OH is 1. The molecule has 0 aromatic heterocycles. The van der Waals surface area contributed by atoms with E-state index in [0.717, 1.165) is 0 Å². The van der Waals surface area contributed by atoms with Crippen molar-refractivity contribution in [3.8, 4) is 0 Å². The van der Waals surface area contributed by atoms with Crippen LogP contribution in [-0.4, -0.2) is 116 Å². The first-order valence-electron chi connectivity index (χ1n) is 19.6. The number of carbonyl (C=O) groups excluding carboxylic acids is 6. The number of rotatable bonds is 25. The average molecular weight is 856 g/mol. The van der Waals surface area contributed by atoms with E-state index in [0.29, 0.717) is 11.1 Å². The van der Waals surface area contributed by atoms with Gasteiger partial charge in [0.1, 0.15) is 24.2 Å². The zero-order chi connectivity index (χ0) is 46.0. The molecule has 12 N–H and O–H groups in total. The monoisotopic (exact) mass is 855 g/mol. The van der Waals surface area contributed by atoms with Gasteiger partial charge in [0.15, 0.2) is 6.10 Å². The zero-order valence-corrected chi connectivity index (χ0v) is 34.7. The lowest BCUT2D eigenvalue weighted by molar-refractivity contribution is -0.142. The molecular weight excluding hydrogens is 798 g/mol. The third-order valence-electron chi connectivity index (χ3n) is 9.30. The highest BCUT2D eigenvalue weighted by Gasteiger charge is 2.36. The number of amides is 6. The molecule has 0 aliphatic heterocycles. The summed E-state index contributed by atoms with van der Waals surface area (Å²) in [5.74, 6) is -9.83. The van der Waals surface area contributed by atoms with Gasteiger partial charge >= 0.3 is 17.9 Å². The van der Waals surface area contributed by atoms with Crippen molar-refractivity contribution in [1.29, 1.82) is 0 Å². The van der Waals surface area contributed by atoms with E-state index in [1.54, 1.807) is 58.0 Å². The molecule has 0 aliphatic carbocycles. The molecule has 7 atom stereocenters. The van der Waals surface area contributed by atoms with Crippen LogP contribution in [0.2, 0.25) is 0 Å². The first-order valence-corrected chi connectivity index (χ1v) is 19.6. The highest BCUT2D eigenvalue weighted by molar-refractivity contribution is 5.96. The molecule has 6 amide bonds. The van der Waals surface area contributed by atoms with Crippen LogP contribution in [0.5, 0.6) is 0 Å². The fourth-order valence-corrected chi connectivity index (χ4v) is 5.87. The summed E-state index contributed by atoms with van der Waals surface area (Å²) in [6.45, 7) is 8.10. The van der Waals surface area contributed by atoms with Gasteiger partial charge in [0.2, 0.25) is 29.5 Å². The number of carbonyl (C=O) groups is 9. The zero-order valence-electron chi connectivity index (χ0n) is 34.7. The molecule has 0 fully saturated rings. The molecule has 0 bridgehead atoms. The number of aliphatic carboxylic acids is 2. The van der Waals surface area contributed by atoms with Crippen LogP contribution in [0.3, 0.4) is 0 Å². The molecule has 2 aromatic rings. The minimum atomic E-state index is -2.09. The normalized spacial score (nSPS) is 14.5. The first-order chi connectivity index (χ1) is 28.6. The number of carboxylic acid groups (broad SMARTS) is 3. The lowest BCUT2D eigenvalue weighted by Crippen LogP contribution is -2.61. The van der Waals surface area contributed by atoms with E-state index in [-0.39, 0.29) is 43.7 Å². The van der Waals surface area contributed by atoms with Crippen molar-refractivity contribution >= 4 is 53.4 Å². The summed E-state index contributed by atoms with van der Waals surface area (Å²) in [4.78, 5) is 114. The largest absolute Gasteiger partial charge is 0.481 e. The highest BCUT2D eigenvalue weighted by atomic mass is 16.4. The molecule has 20 nitrogen and oxygen atoms in total. The summed E-state index contributed by atoms with van der Waals surface area (Å²) in [5, 5.41) is 53.8. The summed E-state index contributed by atoms with van der Waals surface area (Å²) in [5.41, 5.74) is 6.99. The van der Waals surface area contributed by atoms with Crippen molar-refractivity contribution in [2.75, 3.05) is 0 Å². The Kier molecular flexibility index (Phi) is 20.5. The Balaban J connectivity index is 2.26. The molecule has 0 radical (unpaired) electrons. The average Bonchev–Trinajstić information content (AvgIpc) is 3.19. The lowest BCUT2D eigenvalue weighted by Gasteiger charge is -2.30. The number of aliphatic hydroxyl groups is 1. The Labute approximate surface area is 352 Å². The van der Waals surface area contributed by atoms with Gasteiger partial charge in [0.05, 0.1) is 24.1 Å². The summed E-state index contributed by atoms with van der Waals surface area (Å²) < 4.78 is 0. The van der Waals surface area contributed by atoms with E-state index in [4.69, 9.17) is 15.9 Å². The van der Waals surface area contributed by atoms with Crippen LogP contribution >= 0.6 is 0 Å². The molecule has 0 heterocycles. The predicted octanol–water partition coefficient (Wildman–Crippen LogP) is -0.583. The smallest absolute Gasteiger partial charge is 0.335 e. The molecular formula is C41H57N7O13. The lowest BCUT2D eigenvalue weighted by atomic mass is 9.97. The van der Waals surface area contributed by atoms with Gasteiger partial charge in [0, 0.05) is 13.0 Å². The minimum Gasteiger partial charge on any atom is -0.481 e. The Bertz CT molecular complexity index is 1860. The van der Waals surface area contributed by atoms with Crippen LogP contribution in [-0.2, 0) is 51.3 Å². The SMILES string of the molecule is CC(C)C[C@H](NC(=O)[C@@H](NC(=O)[C@@H](N)CCC(=O)O)C(C)C)C(=O)N[C@@H](Cc1ccccc1)[C@@H](O)C(=O)N[C@@H](CC(=O)O)C(=O)N[C@@H](C)C(=O)NCc1ccc(C(=O)O)cc1. The molecule has 334 valence electrons. The van der Waals surface area contributed by atoms with E-state index >= 15 is 0 Å². The van der Waals surface area contributed by atoms with Gasteiger partial charge in [-0.15, -0.1) is 0 Å². The molecule has 0 saturated carbocycles. The number of hydrogen-bond donors (Lipinski definition) is 11. The van der Waals surface area contributed by atoms with Gasteiger partial charge < -0.3 is 58.1 Å². The maximum absolute atomic E-state index is 13.9. The molecule has 2 aromatic carbocycles. The maximum atomic E-state index is 13.9.